The van der Waals surface area contributed by atoms with Crippen LogP contribution in [-0.4, -0.2) is 42.6 Å². The highest BCUT2D eigenvalue weighted by atomic mass is 127. The lowest BCUT2D eigenvalue weighted by molar-refractivity contribution is -0.0149. The van der Waals surface area contributed by atoms with Crippen LogP contribution in [0.1, 0.15) is 55.6 Å². The molecular weight excluding hydrogens is 511 g/mol. The topological polar surface area (TPSA) is 59.0 Å². The Balaban J connectivity index is 0.00000450. The summed E-state index contributed by atoms with van der Waals surface area (Å²) in [6.45, 7) is 10.2. The maximum atomic E-state index is 5.88. The summed E-state index contributed by atoms with van der Waals surface area (Å²) in [5, 5.41) is 6.50. The fraction of sp³-hybridized carbons (Fsp3) is 0.545. The van der Waals surface area contributed by atoms with E-state index in [0.29, 0.717) is 19.7 Å². The van der Waals surface area contributed by atoms with Crippen LogP contribution in [-0.2, 0) is 29.2 Å². The molecule has 0 radical (unpaired) electrons. The first-order valence-electron chi connectivity index (χ1n) is 9.82. The molecule has 8 heteroatoms. The lowest BCUT2D eigenvalue weighted by atomic mass is 10.1. The van der Waals surface area contributed by atoms with Gasteiger partial charge in [0.2, 0.25) is 0 Å². The lowest BCUT2D eigenvalue weighted by Crippen LogP contribution is -2.38. The minimum Gasteiger partial charge on any atom is -0.375 e. The monoisotopic (exact) mass is 546 g/mol. The third kappa shape index (κ3) is 8.87. The summed E-state index contributed by atoms with van der Waals surface area (Å²) in [7, 11) is 5.52. The number of aromatic nitrogens is 1. The van der Waals surface area contributed by atoms with Crippen molar-refractivity contribution < 1.29 is 9.47 Å². The molecule has 1 aromatic carbocycles. The third-order valence-corrected chi connectivity index (χ3v) is 5.41. The molecule has 0 aliphatic carbocycles. The Morgan fingerprint density at radius 2 is 2.00 bits per heavy atom. The number of nitrogens with one attached hydrogen (secondary N) is 1. The number of guanidine groups is 1. The largest absolute Gasteiger partial charge is 0.375 e. The van der Waals surface area contributed by atoms with E-state index in [1.54, 1.807) is 25.5 Å². The van der Waals surface area contributed by atoms with Gasteiger partial charge in [0, 0.05) is 33.1 Å². The van der Waals surface area contributed by atoms with Gasteiger partial charge in [0.1, 0.15) is 11.1 Å². The van der Waals surface area contributed by atoms with Crippen LogP contribution < -0.4 is 5.32 Å². The van der Waals surface area contributed by atoms with E-state index < -0.39 is 0 Å². The summed E-state index contributed by atoms with van der Waals surface area (Å²) in [6.07, 6.45) is 0.0195. The molecule has 0 spiro atoms. The van der Waals surface area contributed by atoms with Crippen molar-refractivity contribution in [2.75, 3.05) is 21.2 Å². The van der Waals surface area contributed by atoms with Gasteiger partial charge in [-0.05, 0) is 38.8 Å². The van der Waals surface area contributed by atoms with Gasteiger partial charge < -0.3 is 19.7 Å². The molecule has 168 valence electrons. The van der Waals surface area contributed by atoms with Crippen molar-refractivity contribution in [3.63, 3.8) is 0 Å². The first kappa shape index (κ1) is 26.8. The lowest BCUT2D eigenvalue weighted by Gasteiger charge is -2.22. The van der Waals surface area contributed by atoms with Gasteiger partial charge in [-0.25, -0.2) is 4.98 Å². The standard InChI is InChI=1S/C22H34N4O2S.HI/c1-16(27-7)20-25-19(15-29-20)13-26(6)21(23-5)24-12-17-9-8-10-18(11-17)14-28-22(2,3)4;/h8-11,15-16H,12-14H2,1-7H3,(H,23,24);1H. The van der Waals surface area contributed by atoms with E-state index in [1.807, 2.05) is 14.0 Å². The van der Waals surface area contributed by atoms with Gasteiger partial charge in [-0.15, -0.1) is 35.3 Å². The molecule has 1 aromatic heterocycles. The number of aliphatic imine (C=N–C) groups is 1. The van der Waals surface area contributed by atoms with E-state index in [2.05, 4.69) is 70.6 Å². The Hall–Kier alpha value is -1.23. The van der Waals surface area contributed by atoms with E-state index in [4.69, 9.17) is 9.47 Å². The van der Waals surface area contributed by atoms with E-state index in [-0.39, 0.29) is 35.7 Å². The van der Waals surface area contributed by atoms with Crippen LogP contribution in [0.4, 0.5) is 0 Å². The van der Waals surface area contributed by atoms with Crippen molar-refractivity contribution in [1.82, 2.24) is 15.2 Å². The second-order valence-corrected chi connectivity index (χ2v) is 8.92. The zero-order chi connectivity index (χ0) is 21.4. The molecule has 0 aliphatic heterocycles. The summed E-state index contributed by atoms with van der Waals surface area (Å²) in [6, 6.07) is 8.44. The van der Waals surface area contributed by atoms with Crippen LogP contribution in [0, 0.1) is 0 Å². The van der Waals surface area contributed by atoms with Gasteiger partial charge in [0.15, 0.2) is 5.96 Å². The van der Waals surface area contributed by atoms with E-state index in [0.717, 1.165) is 16.7 Å². The van der Waals surface area contributed by atoms with E-state index in [9.17, 15) is 0 Å². The van der Waals surface area contributed by atoms with Gasteiger partial charge in [-0.2, -0.15) is 0 Å². The molecule has 2 aromatic rings. The summed E-state index contributed by atoms with van der Waals surface area (Å²) >= 11 is 1.63. The predicted octanol–water partition coefficient (Wildman–Crippen LogP) is 4.99. The van der Waals surface area contributed by atoms with Crippen LogP contribution in [0.25, 0.3) is 0 Å². The Morgan fingerprint density at radius 1 is 1.30 bits per heavy atom. The molecule has 6 nitrogen and oxygen atoms in total. The Kier molecular flexibility index (Phi) is 11.2. The fourth-order valence-corrected chi connectivity index (χ4v) is 3.54. The highest BCUT2D eigenvalue weighted by Crippen LogP contribution is 2.21. The van der Waals surface area contributed by atoms with Gasteiger partial charge in [0.25, 0.3) is 0 Å². The first-order valence-corrected chi connectivity index (χ1v) is 10.7. The van der Waals surface area contributed by atoms with Gasteiger partial charge in [-0.1, -0.05) is 24.3 Å². The molecule has 0 aliphatic rings. The molecule has 1 atom stereocenters. The van der Waals surface area contributed by atoms with E-state index in [1.165, 1.54) is 11.1 Å². The summed E-state index contributed by atoms with van der Waals surface area (Å²) in [5.74, 6) is 0.829. The normalized spacial score (nSPS) is 13.0. The van der Waals surface area contributed by atoms with Crippen molar-refractivity contribution in [3.05, 3.63) is 51.5 Å². The highest BCUT2D eigenvalue weighted by Gasteiger charge is 2.13. The number of rotatable bonds is 8. The molecule has 1 heterocycles. The second-order valence-electron chi connectivity index (χ2n) is 8.03. The number of hydrogen-bond acceptors (Lipinski definition) is 5. The summed E-state index contributed by atoms with van der Waals surface area (Å²) < 4.78 is 11.2. The van der Waals surface area contributed by atoms with Crippen LogP contribution in [0.5, 0.6) is 0 Å². The SMILES string of the molecule is CN=C(NCc1cccc(COC(C)(C)C)c1)N(C)Cc1csc(C(C)OC)n1.I. The van der Waals surface area contributed by atoms with Gasteiger partial charge >= 0.3 is 0 Å². The first-order chi connectivity index (χ1) is 13.7. The fourth-order valence-electron chi connectivity index (χ4n) is 2.70. The molecule has 0 saturated carbocycles. The third-order valence-electron chi connectivity index (χ3n) is 4.36. The van der Waals surface area contributed by atoms with Gasteiger partial charge in [0.05, 0.1) is 24.4 Å². The zero-order valence-electron chi connectivity index (χ0n) is 19.1. The average molecular weight is 547 g/mol. The smallest absolute Gasteiger partial charge is 0.194 e. The number of hydrogen-bond donors (Lipinski definition) is 1. The van der Waals surface area contributed by atoms with Crippen molar-refractivity contribution in [2.24, 2.45) is 4.99 Å². The molecule has 1 N–H and O–H groups in total. The Morgan fingerprint density at radius 3 is 2.63 bits per heavy atom. The summed E-state index contributed by atoms with van der Waals surface area (Å²) in [4.78, 5) is 11.1. The average Bonchev–Trinajstić information content (AvgIpc) is 3.14. The van der Waals surface area contributed by atoms with Gasteiger partial charge in [-0.3, -0.25) is 4.99 Å². The zero-order valence-corrected chi connectivity index (χ0v) is 22.2. The number of benzene rings is 1. The van der Waals surface area contributed by atoms with Crippen LogP contribution in [0.3, 0.4) is 0 Å². The minimum atomic E-state index is -0.143. The van der Waals surface area contributed by atoms with Crippen molar-refractivity contribution in [3.8, 4) is 0 Å². The maximum absolute atomic E-state index is 5.88. The second kappa shape index (κ2) is 12.6. The molecule has 0 amide bonds. The maximum Gasteiger partial charge on any atom is 0.194 e. The molecule has 2 rings (SSSR count). The van der Waals surface area contributed by atoms with Crippen molar-refractivity contribution in [1.29, 1.82) is 0 Å². The quantitative estimate of drug-likeness (QED) is 0.287. The molecule has 1 unspecified atom stereocenters. The van der Waals surface area contributed by atoms with Crippen molar-refractivity contribution >= 4 is 41.3 Å². The summed E-state index contributed by atoms with van der Waals surface area (Å²) in [5.41, 5.74) is 3.24. The number of nitrogens with zero attached hydrogens (tertiary/aromatic N) is 3. The number of methoxy groups -OCH3 is 1. The van der Waals surface area contributed by atoms with Crippen LogP contribution in [0.15, 0.2) is 34.6 Å². The van der Waals surface area contributed by atoms with Crippen molar-refractivity contribution in [2.45, 2.75) is 59.1 Å². The minimum absolute atomic E-state index is 0. The Bertz CT molecular complexity index is 804. The molecule has 0 bridgehead atoms. The van der Waals surface area contributed by atoms with Crippen LogP contribution in [0.2, 0.25) is 0 Å². The molecule has 0 saturated heterocycles. The molecular formula is C22H35IN4O2S. The Labute approximate surface area is 202 Å². The number of ether oxygens (including phenoxy) is 2. The predicted molar refractivity (Wildman–Crippen MR) is 136 cm³/mol. The number of thiazole rings is 1. The molecule has 30 heavy (non-hydrogen) atoms. The highest BCUT2D eigenvalue weighted by molar-refractivity contribution is 14.0. The molecule has 0 fully saturated rings. The number of halogens is 1. The van der Waals surface area contributed by atoms with Crippen LogP contribution >= 0.6 is 35.3 Å². The van der Waals surface area contributed by atoms with E-state index >= 15 is 0 Å².